The molecular weight excluding hydrogens is 467 g/mol. The maximum absolute atomic E-state index is 14.1. The van der Waals surface area contributed by atoms with Crippen molar-refractivity contribution in [3.05, 3.63) is 93.4 Å². The van der Waals surface area contributed by atoms with Crippen LogP contribution in [0.25, 0.3) is 6.08 Å². The van der Waals surface area contributed by atoms with Gasteiger partial charge in [-0.3, -0.25) is 19.5 Å². The van der Waals surface area contributed by atoms with Crippen LogP contribution in [0.2, 0.25) is 5.02 Å². The third-order valence-electron chi connectivity index (χ3n) is 4.88. The molecule has 4 rings (SSSR count). The first kappa shape index (κ1) is 22.8. The number of methoxy groups -OCH3 is 1. The molecule has 1 aromatic heterocycles. The van der Waals surface area contributed by atoms with Gasteiger partial charge in [0.25, 0.3) is 11.1 Å². The highest BCUT2D eigenvalue weighted by Gasteiger charge is 2.36. The van der Waals surface area contributed by atoms with E-state index in [1.165, 1.54) is 25.3 Å². The van der Waals surface area contributed by atoms with Crippen LogP contribution < -0.4 is 9.47 Å². The smallest absolute Gasteiger partial charge is 0.293 e. The second-order valence-electron chi connectivity index (χ2n) is 7.02. The number of rotatable bonds is 7. The fourth-order valence-electron chi connectivity index (χ4n) is 3.16. The normalized spacial score (nSPS) is 14.8. The second-order valence-corrected chi connectivity index (χ2v) is 8.42. The molecule has 1 fully saturated rings. The quantitative estimate of drug-likeness (QED) is 0.401. The number of aromatic nitrogens is 1. The molecule has 1 saturated heterocycles. The molecule has 0 spiro atoms. The van der Waals surface area contributed by atoms with E-state index >= 15 is 0 Å². The van der Waals surface area contributed by atoms with E-state index < -0.39 is 17.0 Å². The Labute approximate surface area is 199 Å². The van der Waals surface area contributed by atoms with Gasteiger partial charge >= 0.3 is 0 Å². The van der Waals surface area contributed by atoms with Crippen LogP contribution in [0.3, 0.4) is 0 Å². The minimum Gasteiger partial charge on any atom is -0.493 e. The van der Waals surface area contributed by atoms with Gasteiger partial charge in [-0.2, -0.15) is 0 Å². The Hall–Kier alpha value is -3.36. The zero-order valence-corrected chi connectivity index (χ0v) is 19.0. The summed E-state index contributed by atoms with van der Waals surface area (Å²) < 4.78 is 25.4. The molecule has 0 unspecified atom stereocenters. The molecule has 0 N–H and O–H groups in total. The summed E-state index contributed by atoms with van der Waals surface area (Å²) >= 11 is 6.83. The Kier molecular flexibility index (Phi) is 6.96. The SMILES string of the molecule is COc1cc(C=C2SC(=O)N(Cc3c(F)cccc3Cl)C2=O)ccc1OCc1ccncc1. The number of hydrogen-bond acceptors (Lipinski definition) is 6. The van der Waals surface area contributed by atoms with Crippen molar-refractivity contribution in [3.8, 4) is 11.5 Å². The molecule has 1 aliphatic rings. The molecule has 0 aliphatic carbocycles. The highest BCUT2D eigenvalue weighted by Crippen LogP contribution is 2.36. The van der Waals surface area contributed by atoms with E-state index in [0.717, 1.165) is 22.2 Å². The molecule has 1 aliphatic heterocycles. The molecule has 33 heavy (non-hydrogen) atoms. The molecule has 2 aromatic carbocycles. The lowest BCUT2D eigenvalue weighted by atomic mass is 10.1. The Balaban J connectivity index is 1.51. The summed E-state index contributed by atoms with van der Waals surface area (Å²) in [5.41, 5.74) is 1.71. The minimum absolute atomic E-state index is 0.0973. The highest BCUT2D eigenvalue weighted by molar-refractivity contribution is 8.18. The number of carbonyl (C=O) groups excluding carboxylic acids is 2. The first-order chi connectivity index (χ1) is 16.0. The third-order valence-corrected chi connectivity index (χ3v) is 6.14. The van der Waals surface area contributed by atoms with Gasteiger partial charge in [-0.25, -0.2) is 4.39 Å². The van der Waals surface area contributed by atoms with Crippen LogP contribution in [0.5, 0.6) is 11.5 Å². The van der Waals surface area contributed by atoms with Gasteiger partial charge in [-0.15, -0.1) is 0 Å². The first-order valence-corrected chi connectivity index (χ1v) is 11.0. The third kappa shape index (κ3) is 5.18. The Bertz CT molecular complexity index is 1220. The van der Waals surface area contributed by atoms with Crippen molar-refractivity contribution in [1.82, 2.24) is 9.88 Å². The van der Waals surface area contributed by atoms with Gasteiger partial charge in [-0.1, -0.05) is 23.7 Å². The monoisotopic (exact) mass is 484 g/mol. The fourth-order valence-corrected chi connectivity index (χ4v) is 4.22. The van der Waals surface area contributed by atoms with Gasteiger partial charge in [0.2, 0.25) is 0 Å². The molecule has 9 heteroatoms. The van der Waals surface area contributed by atoms with Gasteiger partial charge in [-0.05, 0) is 65.4 Å². The van der Waals surface area contributed by atoms with Gasteiger partial charge in [0.05, 0.1) is 18.6 Å². The Morgan fingerprint density at radius 1 is 1.12 bits per heavy atom. The van der Waals surface area contributed by atoms with Gasteiger partial charge in [0.15, 0.2) is 11.5 Å². The molecule has 0 atom stereocenters. The van der Waals surface area contributed by atoms with Crippen molar-refractivity contribution in [2.24, 2.45) is 0 Å². The summed E-state index contributed by atoms with van der Waals surface area (Å²) in [6.07, 6.45) is 4.96. The van der Waals surface area contributed by atoms with E-state index in [2.05, 4.69) is 4.98 Å². The van der Waals surface area contributed by atoms with Crippen LogP contribution in [0.15, 0.2) is 65.8 Å². The fraction of sp³-hybridized carbons (Fsp3) is 0.125. The van der Waals surface area contributed by atoms with Crippen LogP contribution in [0.1, 0.15) is 16.7 Å². The van der Waals surface area contributed by atoms with Gasteiger partial charge in [0.1, 0.15) is 12.4 Å². The summed E-state index contributed by atoms with van der Waals surface area (Å²) in [5.74, 6) is -0.0668. The summed E-state index contributed by atoms with van der Waals surface area (Å²) in [7, 11) is 1.52. The zero-order chi connectivity index (χ0) is 23.4. The van der Waals surface area contributed by atoms with Crippen molar-refractivity contribution < 1.29 is 23.5 Å². The largest absolute Gasteiger partial charge is 0.493 e. The van der Waals surface area contributed by atoms with Crippen LogP contribution in [-0.2, 0) is 17.9 Å². The number of thioether (sulfide) groups is 1. The van der Waals surface area contributed by atoms with Crippen molar-refractivity contribution in [2.45, 2.75) is 13.2 Å². The van der Waals surface area contributed by atoms with E-state index in [0.29, 0.717) is 23.7 Å². The minimum atomic E-state index is -0.572. The molecule has 0 bridgehead atoms. The highest BCUT2D eigenvalue weighted by atomic mass is 35.5. The van der Waals surface area contributed by atoms with Crippen LogP contribution >= 0.6 is 23.4 Å². The maximum Gasteiger partial charge on any atom is 0.293 e. The van der Waals surface area contributed by atoms with Crippen molar-refractivity contribution in [3.63, 3.8) is 0 Å². The van der Waals surface area contributed by atoms with E-state index in [4.69, 9.17) is 21.1 Å². The maximum atomic E-state index is 14.1. The van der Waals surface area contributed by atoms with Crippen molar-refractivity contribution in [1.29, 1.82) is 0 Å². The topological polar surface area (TPSA) is 68.7 Å². The van der Waals surface area contributed by atoms with Crippen LogP contribution in [-0.4, -0.2) is 28.1 Å². The standard InChI is InChI=1S/C24H18ClFN2O4S/c1-31-21-11-16(5-6-20(21)32-14-15-7-9-27-10-8-15)12-22-23(29)28(24(30)33-22)13-17-18(25)3-2-4-19(17)26/h2-12H,13-14H2,1H3. The van der Waals surface area contributed by atoms with Gasteiger partial charge < -0.3 is 9.47 Å². The molecule has 0 radical (unpaired) electrons. The second kappa shape index (κ2) is 10.1. The molecule has 2 amide bonds. The molecule has 3 aromatic rings. The molecule has 2 heterocycles. The summed E-state index contributed by atoms with van der Waals surface area (Å²) in [4.78, 5) is 30.4. The number of amides is 2. The molecule has 0 saturated carbocycles. The predicted molar refractivity (Wildman–Crippen MR) is 124 cm³/mol. The lowest BCUT2D eigenvalue weighted by molar-refractivity contribution is -0.123. The van der Waals surface area contributed by atoms with E-state index in [9.17, 15) is 14.0 Å². The number of halogens is 2. The van der Waals surface area contributed by atoms with E-state index in [-0.39, 0.29) is 22.0 Å². The summed E-state index contributed by atoms with van der Waals surface area (Å²) in [5, 5.41) is -0.333. The zero-order valence-electron chi connectivity index (χ0n) is 17.5. The molecular formula is C24H18ClFN2O4S. The number of benzene rings is 2. The van der Waals surface area contributed by atoms with Crippen LogP contribution in [0.4, 0.5) is 9.18 Å². The van der Waals surface area contributed by atoms with Crippen molar-refractivity contribution in [2.75, 3.05) is 7.11 Å². The Morgan fingerprint density at radius 3 is 2.64 bits per heavy atom. The number of imide groups is 1. The number of hydrogen-bond donors (Lipinski definition) is 0. The number of pyridine rings is 1. The number of carbonyl (C=O) groups is 2. The van der Waals surface area contributed by atoms with Crippen molar-refractivity contribution >= 4 is 40.6 Å². The van der Waals surface area contributed by atoms with E-state index in [1.54, 1.807) is 36.7 Å². The Morgan fingerprint density at radius 2 is 1.91 bits per heavy atom. The average molecular weight is 485 g/mol. The lowest BCUT2D eigenvalue weighted by Crippen LogP contribution is -2.28. The lowest BCUT2D eigenvalue weighted by Gasteiger charge is -2.14. The van der Waals surface area contributed by atoms with Gasteiger partial charge in [0, 0.05) is 23.0 Å². The molecule has 6 nitrogen and oxygen atoms in total. The predicted octanol–water partition coefficient (Wildman–Crippen LogP) is 5.70. The molecule has 168 valence electrons. The van der Waals surface area contributed by atoms with Crippen LogP contribution in [0, 0.1) is 5.82 Å². The summed E-state index contributed by atoms with van der Waals surface area (Å²) in [6.45, 7) is 0.105. The average Bonchev–Trinajstić information content (AvgIpc) is 3.08. The number of ether oxygens (including phenoxy) is 2. The first-order valence-electron chi connectivity index (χ1n) is 9.84. The number of nitrogens with zero attached hydrogens (tertiary/aromatic N) is 2. The summed E-state index contributed by atoms with van der Waals surface area (Å²) in [6, 6.07) is 13.1. The van der Waals surface area contributed by atoms with E-state index in [1.807, 2.05) is 12.1 Å².